The SMILES string of the molecule is CNC(=O)c1ccc(CN(C)CC(=O)N[C@@H]2CCC[C@H](C)[C@H]2C)cc1. The molecule has 2 N–H and O–H groups in total. The summed E-state index contributed by atoms with van der Waals surface area (Å²) in [4.78, 5) is 25.9. The van der Waals surface area contributed by atoms with E-state index in [0.29, 0.717) is 36.5 Å². The van der Waals surface area contributed by atoms with Crippen LogP contribution in [0.3, 0.4) is 0 Å². The molecule has 2 amide bonds. The van der Waals surface area contributed by atoms with E-state index < -0.39 is 0 Å². The van der Waals surface area contributed by atoms with Crippen LogP contribution in [0.2, 0.25) is 0 Å². The van der Waals surface area contributed by atoms with Crippen molar-refractivity contribution in [1.82, 2.24) is 15.5 Å². The van der Waals surface area contributed by atoms with Gasteiger partial charge in [-0.3, -0.25) is 14.5 Å². The number of benzene rings is 1. The quantitative estimate of drug-likeness (QED) is 0.832. The lowest BCUT2D eigenvalue weighted by molar-refractivity contribution is -0.123. The van der Waals surface area contributed by atoms with E-state index in [1.165, 1.54) is 12.8 Å². The first kappa shape index (κ1) is 19.4. The molecule has 138 valence electrons. The summed E-state index contributed by atoms with van der Waals surface area (Å²) in [6.07, 6.45) is 3.55. The summed E-state index contributed by atoms with van der Waals surface area (Å²) in [7, 11) is 3.57. The summed E-state index contributed by atoms with van der Waals surface area (Å²) < 4.78 is 0. The molecule has 0 bridgehead atoms. The number of hydrogen-bond acceptors (Lipinski definition) is 3. The fraction of sp³-hybridized carbons (Fsp3) is 0.600. The highest BCUT2D eigenvalue weighted by atomic mass is 16.2. The zero-order chi connectivity index (χ0) is 18.4. The van der Waals surface area contributed by atoms with Gasteiger partial charge in [0.25, 0.3) is 5.91 Å². The summed E-state index contributed by atoms with van der Waals surface area (Å²) in [6.45, 7) is 5.58. The minimum absolute atomic E-state index is 0.0879. The number of carbonyl (C=O) groups excluding carboxylic acids is 2. The Morgan fingerprint density at radius 3 is 2.48 bits per heavy atom. The van der Waals surface area contributed by atoms with Gasteiger partial charge in [0.05, 0.1) is 6.54 Å². The zero-order valence-corrected chi connectivity index (χ0v) is 15.8. The van der Waals surface area contributed by atoms with Crippen LogP contribution in [0, 0.1) is 11.8 Å². The van der Waals surface area contributed by atoms with E-state index >= 15 is 0 Å². The predicted octanol–water partition coefficient (Wildman–Crippen LogP) is 2.42. The molecule has 1 aliphatic carbocycles. The second kappa shape index (κ2) is 8.99. The molecule has 0 heterocycles. The van der Waals surface area contributed by atoms with E-state index in [1.807, 2.05) is 36.2 Å². The Labute approximate surface area is 151 Å². The number of carbonyl (C=O) groups is 2. The Morgan fingerprint density at radius 1 is 1.16 bits per heavy atom. The average Bonchev–Trinajstić information content (AvgIpc) is 2.58. The van der Waals surface area contributed by atoms with E-state index in [2.05, 4.69) is 24.5 Å². The number of likely N-dealkylation sites (N-methyl/N-ethyl adjacent to an activating group) is 1. The van der Waals surface area contributed by atoms with E-state index in [9.17, 15) is 9.59 Å². The standard InChI is InChI=1S/C20H31N3O2/c1-14-6-5-7-18(15(14)2)22-19(24)13-23(4)12-16-8-10-17(11-9-16)20(25)21-3/h8-11,14-15,18H,5-7,12-13H2,1-4H3,(H,21,25)(H,22,24)/t14-,15+,18+/m0/s1. The summed E-state index contributed by atoms with van der Waals surface area (Å²) >= 11 is 0. The van der Waals surface area contributed by atoms with Gasteiger partial charge in [-0.15, -0.1) is 0 Å². The van der Waals surface area contributed by atoms with Crippen molar-refractivity contribution in [3.8, 4) is 0 Å². The highest BCUT2D eigenvalue weighted by molar-refractivity contribution is 5.93. The van der Waals surface area contributed by atoms with Crippen LogP contribution >= 0.6 is 0 Å². The van der Waals surface area contributed by atoms with Crippen molar-refractivity contribution < 1.29 is 9.59 Å². The van der Waals surface area contributed by atoms with Gasteiger partial charge in [-0.1, -0.05) is 38.8 Å². The molecule has 1 aromatic carbocycles. The van der Waals surface area contributed by atoms with E-state index in [1.54, 1.807) is 7.05 Å². The highest BCUT2D eigenvalue weighted by Gasteiger charge is 2.28. The van der Waals surface area contributed by atoms with Crippen LogP contribution in [0.25, 0.3) is 0 Å². The number of rotatable bonds is 6. The summed E-state index contributed by atoms with van der Waals surface area (Å²) in [6, 6.07) is 7.80. The molecular formula is C20H31N3O2. The summed E-state index contributed by atoms with van der Waals surface area (Å²) in [5.41, 5.74) is 1.73. The van der Waals surface area contributed by atoms with Crippen LogP contribution in [-0.4, -0.2) is 43.4 Å². The van der Waals surface area contributed by atoms with Gasteiger partial charge in [-0.2, -0.15) is 0 Å². The third kappa shape index (κ3) is 5.56. The zero-order valence-electron chi connectivity index (χ0n) is 15.8. The smallest absolute Gasteiger partial charge is 0.251 e. The van der Waals surface area contributed by atoms with Gasteiger partial charge in [0.1, 0.15) is 0 Å². The molecule has 0 unspecified atom stereocenters. The fourth-order valence-electron chi connectivity index (χ4n) is 3.56. The maximum Gasteiger partial charge on any atom is 0.251 e. The van der Waals surface area contributed by atoms with Gasteiger partial charge in [0, 0.05) is 25.2 Å². The molecule has 1 aliphatic rings. The molecular weight excluding hydrogens is 314 g/mol. The Bertz CT molecular complexity index is 585. The van der Waals surface area contributed by atoms with E-state index in [0.717, 1.165) is 12.0 Å². The fourth-order valence-corrected chi connectivity index (χ4v) is 3.56. The third-order valence-corrected chi connectivity index (χ3v) is 5.36. The molecule has 1 aromatic rings. The van der Waals surface area contributed by atoms with Crippen LogP contribution in [-0.2, 0) is 11.3 Å². The van der Waals surface area contributed by atoms with Crippen molar-refractivity contribution in [2.75, 3.05) is 20.6 Å². The maximum absolute atomic E-state index is 12.3. The van der Waals surface area contributed by atoms with Crippen molar-refractivity contribution in [3.63, 3.8) is 0 Å². The van der Waals surface area contributed by atoms with Gasteiger partial charge in [-0.25, -0.2) is 0 Å². The number of hydrogen-bond donors (Lipinski definition) is 2. The van der Waals surface area contributed by atoms with Gasteiger partial charge in [0.15, 0.2) is 0 Å². The minimum Gasteiger partial charge on any atom is -0.355 e. The van der Waals surface area contributed by atoms with Crippen molar-refractivity contribution in [1.29, 1.82) is 0 Å². The molecule has 2 rings (SSSR count). The molecule has 5 heteroatoms. The summed E-state index contributed by atoms with van der Waals surface area (Å²) in [5, 5.41) is 5.82. The lowest BCUT2D eigenvalue weighted by atomic mass is 9.78. The molecule has 5 nitrogen and oxygen atoms in total. The van der Waals surface area contributed by atoms with Crippen molar-refractivity contribution >= 4 is 11.8 Å². The van der Waals surface area contributed by atoms with Crippen molar-refractivity contribution in [2.24, 2.45) is 11.8 Å². The van der Waals surface area contributed by atoms with Crippen LogP contribution in [0.15, 0.2) is 24.3 Å². The monoisotopic (exact) mass is 345 g/mol. The first-order chi connectivity index (χ1) is 11.9. The van der Waals surface area contributed by atoms with Crippen LogP contribution in [0.4, 0.5) is 0 Å². The van der Waals surface area contributed by atoms with Crippen molar-refractivity contribution in [3.05, 3.63) is 35.4 Å². The lowest BCUT2D eigenvalue weighted by Gasteiger charge is -2.35. The first-order valence-corrected chi connectivity index (χ1v) is 9.19. The predicted molar refractivity (Wildman–Crippen MR) is 100 cm³/mol. The molecule has 0 radical (unpaired) electrons. The lowest BCUT2D eigenvalue weighted by Crippen LogP contribution is -2.46. The van der Waals surface area contributed by atoms with Gasteiger partial charge >= 0.3 is 0 Å². The minimum atomic E-state index is -0.0879. The highest BCUT2D eigenvalue weighted by Crippen LogP contribution is 2.29. The first-order valence-electron chi connectivity index (χ1n) is 9.19. The molecule has 0 aliphatic heterocycles. The van der Waals surface area contributed by atoms with Crippen LogP contribution in [0.5, 0.6) is 0 Å². The summed E-state index contributed by atoms with van der Waals surface area (Å²) in [5.74, 6) is 1.22. The molecule has 0 spiro atoms. The number of nitrogens with one attached hydrogen (secondary N) is 2. The van der Waals surface area contributed by atoms with Gasteiger partial charge in [0.2, 0.25) is 5.91 Å². The molecule has 0 aromatic heterocycles. The Hall–Kier alpha value is -1.88. The maximum atomic E-state index is 12.3. The Kier molecular flexibility index (Phi) is 7.00. The average molecular weight is 345 g/mol. The second-order valence-electron chi connectivity index (χ2n) is 7.39. The van der Waals surface area contributed by atoms with Crippen molar-refractivity contribution in [2.45, 2.75) is 45.7 Å². The number of amides is 2. The molecule has 25 heavy (non-hydrogen) atoms. The molecule has 0 saturated heterocycles. The molecule has 1 saturated carbocycles. The third-order valence-electron chi connectivity index (χ3n) is 5.36. The van der Waals surface area contributed by atoms with Crippen LogP contribution < -0.4 is 10.6 Å². The van der Waals surface area contributed by atoms with Gasteiger partial charge in [-0.05, 0) is 43.0 Å². The number of nitrogens with zero attached hydrogens (tertiary/aromatic N) is 1. The molecule has 1 fully saturated rings. The largest absolute Gasteiger partial charge is 0.355 e. The van der Waals surface area contributed by atoms with E-state index in [4.69, 9.17) is 0 Å². The topological polar surface area (TPSA) is 61.4 Å². The van der Waals surface area contributed by atoms with Crippen LogP contribution in [0.1, 0.15) is 49.0 Å². The second-order valence-corrected chi connectivity index (χ2v) is 7.39. The normalized spacial score (nSPS) is 23.3. The molecule has 3 atom stereocenters. The van der Waals surface area contributed by atoms with E-state index in [-0.39, 0.29) is 11.8 Å². The Balaban J connectivity index is 1.82. The Morgan fingerprint density at radius 2 is 1.84 bits per heavy atom. The van der Waals surface area contributed by atoms with Gasteiger partial charge < -0.3 is 10.6 Å².